The van der Waals surface area contributed by atoms with E-state index in [0.717, 1.165) is 49.9 Å². The average Bonchev–Trinajstić information content (AvgIpc) is 2.77. The molecule has 0 aliphatic carbocycles. The Morgan fingerprint density at radius 3 is 2.41 bits per heavy atom. The SMILES string of the molecule is Cc1ccc(N2CCN(C(C)CCC(C)c3ccc(CCSS)nc3)CC2)nc1. The maximum absolute atomic E-state index is 4.63. The molecule has 3 rings (SSSR count). The van der Waals surface area contributed by atoms with E-state index in [0.29, 0.717) is 12.0 Å². The van der Waals surface area contributed by atoms with Crippen LogP contribution >= 0.6 is 22.5 Å². The number of anilines is 1. The van der Waals surface area contributed by atoms with Crippen molar-refractivity contribution in [2.24, 2.45) is 0 Å². The number of aryl methyl sites for hydroxylation is 2. The Hall–Kier alpha value is -1.24. The first kappa shape index (κ1) is 22.4. The maximum atomic E-state index is 4.63. The quantitative estimate of drug-likeness (QED) is 0.447. The third-order valence-corrected chi connectivity index (χ3v) is 6.98. The van der Waals surface area contributed by atoms with E-state index in [1.54, 1.807) is 10.8 Å². The van der Waals surface area contributed by atoms with Crippen molar-refractivity contribution < 1.29 is 0 Å². The van der Waals surface area contributed by atoms with Crippen LogP contribution < -0.4 is 4.90 Å². The highest BCUT2D eigenvalue weighted by Gasteiger charge is 2.22. The lowest BCUT2D eigenvalue weighted by Gasteiger charge is -2.39. The molecule has 0 bridgehead atoms. The van der Waals surface area contributed by atoms with E-state index in [2.05, 4.69) is 82.7 Å². The van der Waals surface area contributed by atoms with Gasteiger partial charge in [0, 0.05) is 56.1 Å². The predicted molar refractivity (Wildman–Crippen MR) is 129 cm³/mol. The topological polar surface area (TPSA) is 32.3 Å². The number of pyridine rings is 2. The van der Waals surface area contributed by atoms with Crippen LogP contribution in [-0.4, -0.2) is 52.8 Å². The summed E-state index contributed by atoms with van der Waals surface area (Å²) in [5, 5.41) is 0. The van der Waals surface area contributed by atoms with E-state index in [1.807, 2.05) is 6.20 Å². The predicted octanol–water partition coefficient (Wildman–Crippen LogP) is 5.00. The van der Waals surface area contributed by atoms with Gasteiger partial charge in [-0.05, 0) is 62.3 Å². The molecule has 1 aliphatic rings. The molecule has 1 fully saturated rings. The number of thiol groups is 1. The van der Waals surface area contributed by atoms with Gasteiger partial charge in [-0.1, -0.05) is 29.9 Å². The number of piperazine rings is 1. The van der Waals surface area contributed by atoms with Crippen molar-refractivity contribution in [2.45, 2.75) is 52.0 Å². The standard InChI is InChI=1S/C23H34N4S2/c1-18-4-9-23(25-16-18)27-13-11-26(12-14-27)20(3)6-5-19(2)21-7-8-22(24-17-21)10-15-29-28/h4,7-9,16-17,19-20,28H,5-6,10-15H2,1-3H3. The summed E-state index contributed by atoms with van der Waals surface area (Å²) in [5.41, 5.74) is 3.74. The third-order valence-electron chi connectivity index (χ3n) is 6.04. The van der Waals surface area contributed by atoms with Gasteiger partial charge in [-0.25, -0.2) is 4.98 Å². The Bertz CT molecular complexity index is 728. The van der Waals surface area contributed by atoms with Gasteiger partial charge < -0.3 is 4.90 Å². The first-order valence-electron chi connectivity index (χ1n) is 10.7. The van der Waals surface area contributed by atoms with Crippen molar-refractivity contribution in [1.29, 1.82) is 0 Å². The fraction of sp³-hybridized carbons (Fsp3) is 0.565. The monoisotopic (exact) mass is 430 g/mol. The number of hydrogen-bond acceptors (Lipinski definition) is 6. The van der Waals surface area contributed by atoms with Crippen molar-refractivity contribution in [3.63, 3.8) is 0 Å². The second-order valence-electron chi connectivity index (χ2n) is 8.21. The first-order valence-corrected chi connectivity index (χ1v) is 12.7. The molecular weight excluding hydrogens is 396 g/mol. The van der Waals surface area contributed by atoms with Crippen LogP contribution in [0.2, 0.25) is 0 Å². The van der Waals surface area contributed by atoms with E-state index in [9.17, 15) is 0 Å². The Balaban J connectivity index is 1.42. The molecule has 2 atom stereocenters. The van der Waals surface area contributed by atoms with Crippen molar-refractivity contribution in [3.8, 4) is 0 Å². The molecule has 158 valence electrons. The number of rotatable bonds is 9. The molecule has 2 unspecified atom stereocenters. The van der Waals surface area contributed by atoms with Crippen molar-refractivity contribution in [2.75, 3.05) is 36.8 Å². The Morgan fingerprint density at radius 2 is 1.79 bits per heavy atom. The van der Waals surface area contributed by atoms with E-state index in [4.69, 9.17) is 0 Å². The zero-order chi connectivity index (χ0) is 20.6. The lowest BCUT2D eigenvalue weighted by molar-refractivity contribution is 0.184. The maximum Gasteiger partial charge on any atom is 0.128 e. The summed E-state index contributed by atoms with van der Waals surface area (Å²) in [6.07, 6.45) is 7.45. The lowest BCUT2D eigenvalue weighted by Crippen LogP contribution is -2.49. The Morgan fingerprint density at radius 1 is 1.00 bits per heavy atom. The molecule has 1 aliphatic heterocycles. The van der Waals surface area contributed by atoms with E-state index in [-0.39, 0.29) is 0 Å². The summed E-state index contributed by atoms with van der Waals surface area (Å²) in [6.45, 7) is 11.1. The van der Waals surface area contributed by atoms with Crippen molar-refractivity contribution in [3.05, 3.63) is 53.5 Å². The van der Waals surface area contributed by atoms with Crippen molar-refractivity contribution in [1.82, 2.24) is 14.9 Å². The van der Waals surface area contributed by atoms with E-state index in [1.165, 1.54) is 24.0 Å². The van der Waals surface area contributed by atoms with Gasteiger partial charge in [0.1, 0.15) is 5.82 Å². The zero-order valence-corrected chi connectivity index (χ0v) is 19.6. The summed E-state index contributed by atoms with van der Waals surface area (Å²) < 4.78 is 0. The fourth-order valence-electron chi connectivity index (χ4n) is 3.90. The van der Waals surface area contributed by atoms with Crippen LogP contribution in [0.5, 0.6) is 0 Å². The molecule has 1 saturated heterocycles. The zero-order valence-electron chi connectivity index (χ0n) is 17.9. The summed E-state index contributed by atoms with van der Waals surface area (Å²) >= 11 is 4.20. The largest absolute Gasteiger partial charge is 0.354 e. The normalized spacial score (nSPS) is 17.3. The van der Waals surface area contributed by atoms with Crippen LogP contribution in [-0.2, 0) is 6.42 Å². The number of hydrogen-bond donors (Lipinski definition) is 1. The number of aromatic nitrogens is 2. The molecule has 0 saturated carbocycles. The molecule has 6 heteroatoms. The summed E-state index contributed by atoms with van der Waals surface area (Å²) in [7, 11) is 1.57. The fourth-order valence-corrected chi connectivity index (χ4v) is 4.48. The van der Waals surface area contributed by atoms with Crippen LogP contribution in [0, 0.1) is 6.92 Å². The van der Waals surface area contributed by atoms with Crippen LogP contribution in [0.25, 0.3) is 0 Å². The van der Waals surface area contributed by atoms with Gasteiger partial charge >= 0.3 is 0 Å². The minimum Gasteiger partial charge on any atom is -0.354 e. The van der Waals surface area contributed by atoms with Gasteiger partial charge in [-0.3, -0.25) is 9.88 Å². The van der Waals surface area contributed by atoms with Crippen molar-refractivity contribution >= 4 is 28.3 Å². The van der Waals surface area contributed by atoms with Gasteiger partial charge in [0.2, 0.25) is 0 Å². The van der Waals surface area contributed by atoms with E-state index >= 15 is 0 Å². The highest BCUT2D eigenvalue weighted by Crippen LogP contribution is 2.23. The molecule has 0 N–H and O–H groups in total. The second-order valence-corrected chi connectivity index (χ2v) is 9.65. The molecule has 0 amide bonds. The molecule has 3 heterocycles. The Kier molecular flexibility index (Phi) is 8.69. The van der Waals surface area contributed by atoms with E-state index < -0.39 is 0 Å². The molecule has 29 heavy (non-hydrogen) atoms. The van der Waals surface area contributed by atoms with Crippen LogP contribution in [0.15, 0.2) is 36.7 Å². The summed E-state index contributed by atoms with van der Waals surface area (Å²) in [6, 6.07) is 9.35. The second kappa shape index (κ2) is 11.2. The third kappa shape index (κ3) is 6.63. The molecule has 0 spiro atoms. The number of nitrogens with zero attached hydrogens (tertiary/aromatic N) is 4. The van der Waals surface area contributed by atoms with Gasteiger partial charge in [-0.15, -0.1) is 11.7 Å². The van der Waals surface area contributed by atoms with Gasteiger partial charge in [0.05, 0.1) is 0 Å². The molecule has 4 nitrogen and oxygen atoms in total. The van der Waals surface area contributed by atoms with Gasteiger partial charge in [0.25, 0.3) is 0 Å². The molecule has 2 aromatic rings. The average molecular weight is 431 g/mol. The minimum absolute atomic E-state index is 0.552. The molecular formula is C23H34N4S2. The minimum atomic E-state index is 0.552. The van der Waals surface area contributed by atoms with Crippen LogP contribution in [0.3, 0.4) is 0 Å². The highest BCUT2D eigenvalue weighted by molar-refractivity contribution is 8.68. The van der Waals surface area contributed by atoms with Gasteiger partial charge in [0.15, 0.2) is 0 Å². The molecule has 0 radical (unpaired) electrons. The van der Waals surface area contributed by atoms with Crippen LogP contribution in [0.1, 0.15) is 49.4 Å². The Labute approximate surface area is 185 Å². The highest BCUT2D eigenvalue weighted by atomic mass is 33.1. The summed E-state index contributed by atoms with van der Waals surface area (Å²) in [5.74, 6) is 2.67. The molecule has 2 aromatic heterocycles. The lowest BCUT2D eigenvalue weighted by atomic mass is 9.95. The smallest absolute Gasteiger partial charge is 0.128 e. The molecule has 0 aromatic carbocycles. The first-order chi connectivity index (χ1) is 14.1. The van der Waals surface area contributed by atoms with Crippen LogP contribution in [0.4, 0.5) is 5.82 Å². The summed E-state index contributed by atoms with van der Waals surface area (Å²) in [4.78, 5) is 14.3. The van der Waals surface area contributed by atoms with Gasteiger partial charge in [-0.2, -0.15) is 0 Å².